The van der Waals surface area contributed by atoms with Crippen LogP contribution in [0.4, 0.5) is 0 Å². The van der Waals surface area contributed by atoms with Gasteiger partial charge in [-0.1, -0.05) is 29.8 Å². The number of nitrogens with one attached hydrogen (secondary N) is 1. The number of aromatic nitrogens is 2. The Morgan fingerprint density at radius 2 is 2.04 bits per heavy atom. The molecule has 0 aliphatic rings. The maximum Gasteiger partial charge on any atom is 0.220 e. The number of pyridine rings is 1. The number of halogens is 1. The number of imidazole rings is 1. The van der Waals surface area contributed by atoms with Gasteiger partial charge in [-0.3, -0.25) is 4.79 Å². The topological polar surface area (TPSA) is 46.4 Å². The summed E-state index contributed by atoms with van der Waals surface area (Å²) >= 11 is 5.96. The van der Waals surface area contributed by atoms with E-state index in [1.807, 2.05) is 54.9 Å². The van der Waals surface area contributed by atoms with Crippen molar-refractivity contribution in [2.24, 2.45) is 0 Å². The zero-order chi connectivity index (χ0) is 17.5. The minimum absolute atomic E-state index is 0.106. The second-order valence-electron chi connectivity index (χ2n) is 6.11. The van der Waals surface area contributed by atoms with Gasteiger partial charge in [-0.25, -0.2) is 4.98 Å². The quantitative estimate of drug-likeness (QED) is 0.619. The summed E-state index contributed by atoms with van der Waals surface area (Å²) in [5, 5.41) is 3.73. The van der Waals surface area contributed by atoms with Crippen LogP contribution in [0.1, 0.15) is 30.7 Å². The fraction of sp³-hybridized carbons (Fsp3) is 0.300. The van der Waals surface area contributed by atoms with Crippen LogP contribution in [0.25, 0.3) is 5.52 Å². The highest BCUT2D eigenvalue weighted by Crippen LogP contribution is 2.13. The third-order valence-electron chi connectivity index (χ3n) is 4.17. The largest absolute Gasteiger partial charge is 0.356 e. The zero-order valence-corrected chi connectivity index (χ0v) is 14.9. The van der Waals surface area contributed by atoms with Gasteiger partial charge in [0.05, 0.1) is 11.7 Å². The van der Waals surface area contributed by atoms with E-state index in [1.165, 1.54) is 5.56 Å². The molecule has 0 unspecified atom stereocenters. The average molecular weight is 356 g/mol. The van der Waals surface area contributed by atoms with Gasteiger partial charge in [0.15, 0.2) is 0 Å². The number of carbonyl (C=O) groups is 1. The highest BCUT2D eigenvalue weighted by atomic mass is 35.5. The third-order valence-corrected chi connectivity index (χ3v) is 4.41. The SMILES string of the molecule is O=C(CCCc1cccc(Cl)c1)NCCCc1ncc2ccccn12. The first kappa shape index (κ1) is 17.5. The maximum absolute atomic E-state index is 11.9. The first-order valence-corrected chi connectivity index (χ1v) is 9.02. The van der Waals surface area contributed by atoms with Crippen LogP contribution in [0.15, 0.2) is 54.9 Å². The van der Waals surface area contributed by atoms with Crippen molar-refractivity contribution in [2.75, 3.05) is 6.54 Å². The van der Waals surface area contributed by atoms with Gasteiger partial charge in [-0.05, 0) is 49.1 Å². The highest BCUT2D eigenvalue weighted by Gasteiger charge is 2.04. The minimum Gasteiger partial charge on any atom is -0.356 e. The summed E-state index contributed by atoms with van der Waals surface area (Å²) < 4.78 is 2.09. The second-order valence-corrected chi connectivity index (χ2v) is 6.54. The Hall–Kier alpha value is -2.33. The summed E-state index contributed by atoms with van der Waals surface area (Å²) in [7, 11) is 0. The van der Waals surface area contributed by atoms with Gasteiger partial charge in [-0.15, -0.1) is 0 Å². The Morgan fingerprint density at radius 1 is 1.12 bits per heavy atom. The lowest BCUT2D eigenvalue weighted by Gasteiger charge is -2.06. The molecule has 0 radical (unpaired) electrons. The molecule has 4 nitrogen and oxygen atoms in total. The molecule has 2 heterocycles. The predicted octanol–water partition coefficient (Wildman–Crippen LogP) is 4.06. The summed E-state index contributed by atoms with van der Waals surface area (Å²) in [6, 6.07) is 13.8. The van der Waals surface area contributed by atoms with E-state index >= 15 is 0 Å². The first-order valence-electron chi connectivity index (χ1n) is 8.64. The maximum atomic E-state index is 11.9. The van der Waals surface area contributed by atoms with Crippen molar-refractivity contribution in [3.8, 4) is 0 Å². The van der Waals surface area contributed by atoms with Crippen LogP contribution in [0, 0.1) is 0 Å². The molecular weight excluding hydrogens is 334 g/mol. The van der Waals surface area contributed by atoms with Crippen molar-refractivity contribution in [3.63, 3.8) is 0 Å². The van der Waals surface area contributed by atoms with E-state index in [0.29, 0.717) is 13.0 Å². The molecule has 5 heteroatoms. The number of carbonyl (C=O) groups excluding carboxylic acids is 1. The summed E-state index contributed by atoms with van der Waals surface area (Å²) in [6.45, 7) is 0.678. The van der Waals surface area contributed by atoms with Gasteiger partial charge in [0.25, 0.3) is 0 Å². The number of fused-ring (bicyclic) bond motifs is 1. The summed E-state index contributed by atoms with van der Waals surface area (Å²) in [6.07, 6.45) is 7.87. The molecule has 3 aromatic rings. The molecule has 0 aliphatic carbocycles. The average Bonchev–Trinajstić information content (AvgIpc) is 3.02. The Morgan fingerprint density at radius 3 is 2.92 bits per heavy atom. The number of amides is 1. The first-order chi connectivity index (χ1) is 12.2. The van der Waals surface area contributed by atoms with E-state index in [-0.39, 0.29) is 5.91 Å². The van der Waals surface area contributed by atoms with Crippen LogP contribution >= 0.6 is 11.6 Å². The predicted molar refractivity (Wildman–Crippen MR) is 101 cm³/mol. The number of rotatable bonds is 8. The van der Waals surface area contributed by atoms with Crippen LogP contribution < -0.4 is 5.32 Å². The van der Waals surface area contributed by atoms with E-state index in [2.05, 4.69) is 14.7 Å². The van der Waals surface area contributed by atoms with Crippen LogP contribution in [0.2, 0.25) is 5.02 Å². The Kier molecular flexibility index (Phi) is 6.07. The van der Waals surface area contributed by atoms with Crippen LogP contribution in [0.3, 0.4) is 0 Å². The molecule has 3 rings (SSSR count). The number of hydrogen-bond acceptors (Lipinski definition) is 2. The molecule has 0 fully saturated rings. The fourth-order valence-electron chi connectivity index (χ4n) is 2.89. The van der Waals surface area contributed by atoms with Gasteiger partial charge < -0.3 is 9.72 Å². The van der Waals surface area contributed by atoms with E-state index in [0.717, 1.165) is 42.0 Å². The highest BCUT2D eigenvalue weighted by molar-refractivity contribution is 6.30. The number of hydrogen-bond donors (Lipinski definition) is 1. The van der Waals surface area contributed by atoms with Gasteiger partial charge >= 0.3 is 0 Å². The molecule has 25 heavy (non-hydrogen) atoms. The van der Waals surface area contributed by atoms with Gasteiger partial charge in [0, 0.05) is 30.6 Å². The van der Waals surface area contributed by atoms with E-state index in [4.69, 9.17) is 11.6 Å². The standard InChI is InChI=1S/C20H22ClN3O/c21-17-8-3-6-16(14-17)7-4-11-20(25)22-12-5-10-19-23-15-18-9-1-2-13-24(18)19/h1-3,6,8-9,13-15H,4-5,7,10-12H2,(H,22,25). The molecular formula is C20H22ClN3O. The van der Waals surface area contributed by atoms with Crippen LogP contribution in [-0.4, -0.2) is 21.8 Å². The molecule has 0 saturated carbocycles. The molecule has 130 valence electrons. The molecule has 0 bridgehead atoms. The molecule has 1 N–H and O–H groups in total. The zero-order valence-electron chi connectivity index (χ0n) is 14.1. The van der Waals surface area contributed by atoms with Crippen LogP contribution in [0.5, 0.6) is 0 Å². The van der Waals surface area contributed by atoms with Crippen molar-refractivity contribution < 1.29 is 4.79 Å². The number of aryl methyl sites for hydroxylation is 2. The summed E-state index contributed by atoms with van der Waals surface area (Å²) in [5.41, 5.74) is 2.27. The Labute approximate surface area is 152 Å². The van der Waals surface area contributed by atoms with Crippen molar-refractivity contribution >= 4 is 23.0 Å². The molecule has 1 amide bonds. The Balaban J connectivity index is 1.34. The molecule has 2 aromatic heterocycles. The van der Waals surface area contributed by atoms with Gasteiger partial charge in [-0.2, -0.15) is 0 Å². The summed E-state index contributed by atoms with van der Waals surface area (Å²) in [4.78, 5) is 16.4. The van der Waals surface area contributed by atoms with Crippen molar-refractivity contribution in [1.82, 2.24) is 14.7 Å². The van der Waals surface area contributed by atoms with Gasteiger partial charge in [0.2, 0.25) is 5.91 Å². The Bertz CT molecular complexity index is 844. The number of benzene rings is 1. The lowest BCUT2D eigenvalue weighted by molar-refractivity contribution is -0.121. The second kappa shape index (κ2) is 8.67. The molecule has 0 saturated heterocycles. The van der Waals surface area contributed by atoms with Crippen molar-refractivity contribution in [1.29, 1.82) is 0 Å². The van der Waals surface area contributed by atoms with E-state index in [9.17, 15) is 4.79 Å². The lowest BCUT2D eigenvalue weighted by atomic mass is 10.1. The monoisotopic (exact) mass is 355 g/mol. The van der Waals surface area contributed by atoms with E-state index in [1.54, 1.807) is 0 Å². The fourth-order valence-corrected chi connectivity index (χ4v) is 3.11. The normalized spacial score (nSPS) is 10.9. The lowest BCUT2D eigenvalue weighted by Crippen LogP contribution is -2.24. The molecule has 1 aromatic carbocycles. The smallest absolute Gasteiger partial charge is 0.220 e. The molecule has 0 atom stereocenters. The van der Waals surface area contributed by atoms with Crippen LogP contribution in [-0.2, 0) is 17.6 Å². The molecule has 0 aliphatic heterocycles. The van der Waals surface area contributed by atoms with E-state index < -0.39 is 0 Å². The summed E-state index contributed by atoms with van der Waals surface area (Å²) in [5.74, 6) is 1.14. The molecule has 0 spiro atoms. The van der Waals surface area contributed by atoms with Gasteiger partial charge in [0.1, 0.15) is 5.82 Å². The number of nitrogens with zero attached hydrogens (tertiary/aromatic N) is 2. The van der Waals surface area contributed by atoms with Crippen molar-refractivity contribution in [2.45, 2.75) is 32.1 Å². The minimum atomic E-state index is 0.106. The van der Waals surface area contributed by atoms with Crippen molar-refractivity contribution in [3.05, 3.63) is 71.3 Å². The third kappa shape index (κ3) is 5.07.